The molecule has 0 bridgehead atoms. The van der Waals surface area contributed by atoms with Crippen molar-refractivity contribution in [3.05, 3.63) is 17.2 Å². The fourth-order valence-electron chi connectivity index (χ4n) is 1.97. The van der Waals surface area contributed by atoms with Gasteiger partial charge in [0.05, 0.1) is 24.9 Å². The lowest BCUT2D eigenvalue weighted by Gasteiger charge is -2.13. The maximum atomic E-state index is 12.2. The molecule has 23 heavy (non-hydrogen) atoms. The second-order valence-electron chi connectivity index (χ2n) is 4.56. The van der Waals surface area contributed by atoms with Gasteiger partial charge in [0.25, 0.3) is 0 Å². The molecule has 2 rings (SSSR count). The predicted molar refractivity (Wildman–Crippen MR) is 90.7 cm³/mol. The van der Waals surface area contributed by atoms with Crippen LogP contribution in [0, 0.1) is 0 Å². The van der Waals surface area contributed by atoms with Crippen molar-refractivity contribution in [3.8, 4) is 11.5 Å². The first-order valence-corrected chi connectivity index (χ1v) is 7.90. The minimum Gasteiger partial charge on any atom is -0.495 e. The van der Waals surface area contributed by atoms with Crippen molar-refractivity contribution in [2.45, 2.75) is 11.7 Å². The number of amidine groups is 1. The van der Waals surface area contributed by atoms with Gasteiger partial charge in [0.2, 0.25) is 11.8 Å². The fraction of sp³-hybridized carbons (Fsp3) is 0.357. The number of benzene rings is 1. The Kier molecular flexibility index (Phi) is 5.73. The van der Waals surface area contributed by atoms with Gasteiger partial charge < -0.3 is 20.1 Å². The second-order valence-corrected chi connectivity index (χ2v) is 6.16. The molecule has 0 spiro atoms. The van der Waals surface area contributed by atoms with Crippen molar-refractivity contribution in [3.63, 3.8) is 0 Å². The molecule has 1 aromatic carbocycles. The molecule has 0 aliphatic carbocycles. The van der Waals surface area contributed by atoms with Crippen LogP contribution < -0.4 is 20.1 Å². The van der Waals surface area contributed by atoms with E-state index in [4.69, 9.17) is 21.1 Å². The van der Waals surface area contributed by atoms with Gasteiger partial charge in [-0.2, -0.15) is 0 Å². The highest BCUT2D eigenvalue weighted by Gasteiger charge is 2.31. The predicted octanol–water partition coefficient (Wildman–Crippen LogP) is 1.90. The average molecular weight is 358 g/mol. The number of nitrogens with zero attached hydrogens (tertiary/aromatic N) is 1. The summed E-state index contributed by atoms with van der Waals surface area (Å²) in [7, 11) is 4.53. The second kappa shape index (κ2) is 7.56. The topological polar surface area (TPSA) is 89.0 Å². The lowest BCUT2D eigenvalue weighted by Crippen LogP contribution is -2.28. The van der Waals surface area contributed by atoms with Gasteiger partial charge in [-0.25, -0.2) is 0 Å². The number of methoxy groups -OCH3 is 2. The Hall–Kier alpha value is -1.93. The molecule has 1 aliphatic rings. The molecule has 0 aromatic heterocycles. The van der Waals surface area contributed by atoms with Gasteiger partial charge in [-0.1, -0.05) is 23.4 Å². The first-order chi connectivity index (χ1) is 11.0. The van der Waals surface area contributed by atoms with E-state index in [0.29, 0.717) is 27.4 Å². The average Bonchev–Trinajstić information content (AvgIpc) is 2.88. The number of anilines is 1. The van der Waals surface area contributed by atoms with Crippen LogP contribution >= 0.6 is 23.4 Å². The molecule has 0 saturated carbocycles. The molecule has 0 radical (unpaired) electrons. The summed E-state index contributed by atoms with van der Waals surface area (Å²) in [6, 6.07) is 3.12. The van der Waals surface area contributed by atoms with Gasteiger partial charge in [-0.05, 0) is 0 Å². The molecular weight excluding hydrogens is 342 g/mol. The van der Waals surface area contributed by atoms with Gasteiger partial charge in [0.15, 0.2) is 5.17 Å². The van der Waals surface area contributed by atoms with Gasteiger partial charge in [-0.3, -0.25) is 14.6 Å². The van der Waals surface area contributed by atoms with E-state index in [1.807, 2.05) is 0 Å². The fourth-order valence-corrected chi connectivity index (χ4v) is 3.14. The zero-order chi connectivity index (χ0) is 17.0. The van der Waals surface area contributed by atoms with Crippen LogP contribution in [-0.4, -0.2) is 43.5 Å². The highest BCUT2D eigenvalue weighted by molar-refractivity contribution is 8.15. The Morgan fingerprint density at radius 3 is 2.65 bits per heavy atom. The van der Waals surface area contributed by atoms with E-state index in [2.05, 4.69) is 15.6 Å². The van der Waals surface area contributed by atoms with Crippen molar-refractivity contribution >= 4 is 46.0 Å². The third kappa shape index (κ3) is 4.08. The molecule has 1 aromatic rings. The summed E-state index contributed by atoms with van der Waals surface area (Å²) in [4.78, 5) is 27.8. The molecule has 1 heterocycles. The Labute approximate surface area is 142 Å². The van der Waals surface area contributed by atoms with Gasteiger partial charge >= 0.3 is 0 Å². The van der Waals surface area contributed by atoms with E-state index in [1.165, 1.54) is 26.0 Å². The number of amides is 2. The summed E-state index contributed by atoms with van der Waals surface area (Å²) in [5, 5.41) is 5.69. The van der Waals surface area contributed by atoms with Crippen LogP contribution in [0.25, 0.3) is 0 Å². The summed E-state index contributed by atoms with van der Waals surface area (Å²) >= 11 is 7.25. The van der Waals surface area contributed by atoms with Crippen LogP contribution in [0.15, 0.2) is 17.1 Å². The number of carbonyl (C=O) groups excluding carboxylic acids is 2. The van der Waals surface area contributed by atoms with Crippen molar-refractivity contribution in [1.29, 1.82) is 0 Å². The van der Waals surface area contributed by atoms with E-state index in [-0.39, 0.29) is 18.2 Å². The number of aliphatic imine (C=N–C) groups is 1. The SMILES string of the molecule is CN=C1NC(=O)C(CC(=O)Nc2cc(OC)c(Cl)cc2OC)S1. The Morgan fingerprint density at radius 1 is 1.39 bits per heavy atom. The smallest absolute Gasteiger partial charge is 0.240 e. The molecule has 1 aliphatic heterocycles. The summed E-state index contributed by atoms with van der Waals surface area (Å²) in [6.07, 6.45) is 0.0175. The van der Waals surface area contributed by atoms with E-state index >= 15 is 0 Å². The Morgan fingerprint density at radius 2 is 2.09 bits per heavy atom. The number of thioether (sulfide) groups is 1. The molecule has 9 heteroatoms. The zero-order valence-corrected chi connectivity index (χ0v) is 14.4. The van der Waals surface area contributed by atoms with E-state index in [9.17, 15) is 9.59 Å². The van der Waals surface area contributed by atoms with Gasteiger partial charge in [0.1, 0.15) is 16.7 Å². The summed E-state index contributed by atoms with van der Waals surface area (Å²) in [5.41, 5.74) is 0.423. The standard InChI is InChI=1S/C14H16ClN3O4S/c1-16-14-18-13(20)11(23-14)6-12(19)17-8-5-9(21-2)7(15)4-10(8)22-3/h4-5,11H,6H2,1-3H3,(H,17,19)(H,16,18,20). The molecule has 2 amide bonds. The maximum absolute atomic E-state index is 12.2. The summed E-state index contributed by atoms with van der Waals surface area (Å²) in [5.74, 6) is 0.267. The number of carbonyl (C=O) groups is 2. The number of nitrogens with one attached hydrogen (secondary N) is 2. The number of hydrogen-bond acceptors (Lipinski definition) is 6. The first kappa shape index (κ1) is 17.4. The quantitative estimate of drug-likeness (QED) is 0.840. The van der Waals surface area contributed by atoms with Crippen LogP contribution in [0.1, 0.15) is 6.42 Å². The van der Waals surface area contributed by atoms with Gasteiger partial charge in [-0.15, -0.1) is 0 Å². The largest absolute Gasteiger partial charge is 0.495 e. The highest BCUT2D eigenvalue weighted by Crippen LogP contribution is 2.36. The normalized spacial score (nSPS) is 18.7. The van der Waals surface area contributed by atoms with Crippen LogP contribution in [0.5, 0.6) is 11.5 Å². The molecule has 1 saturated heterocycles. The van der Waals surface area contributed by atoms with Crippen molar-refractivity contribution in [1.82, 2.24) is 5.32 Å². The minimum atomic E-state index is -0.506. The van der Waals surface area contributed by atoms with Crippen LogP contribution in [0.4, 0.5) is 5.69 Å². The highest BCUT2D eigenvalue weighted by atomic mass is 35.5. The monoisotopic (exact) mass is 357 g/mol. The van der Waals surface area contributed by atoms with Gasteiger partial charge in [0, 0.05) is 25.6 Å². The van der Waals surface area contributed by atoms with Crippen molar-refractivity contribution < 1.29 is 19.1 Å². The molecule has 1 atom stereocenters. The minimum absolute atomic E-state index is 0.0175. The molecule has 2 N–H and O–H groups in total. The number of hydrogen-bond donors (Lipinski definition) is 2. The van der Waals surface area contributed by atoms with Crippen molar-refractivity contribution in [2.75, 3.05) is 26.6 Å². The van der Waals surface area contributed by atoms with Crippen molar-refractivity contribution in [2.24, 2.45) is 4.99 Å². The summed E-state index contributed by atoms with van der Waals surface area (Å²) in [6.45, 7) is 0. The molecular formula is C14H16ClN3O4S. The zero-order valence-electron chi connectivity index (χ0n) is 12.8. The third-order valence-corrected chi connectivity index (χ3v) is 4.57. The molecule has 124 valence electrons. The molecule has 1 fully saturated rings. The van der Waals surface area contributed by atoms with Crippen LogP contribution in [-0.2, 0) is 9.59 Å². The number of ether oxygens (including phenoxy) is 2. The third-order valence-electron chi connectivity index (χ3n) is 3.10. The maximum Gasteiger partial charge on any atom is 0.240 e. The molecule has 7 nitrogen and oxygen atoms in total. The number of halogens is 1. The lowest BCUT2D eigenvalue weighted by molar-refractivity contribution is -0.122. The van der Waals surface area contributed by atoms with Crippen LogP contribution in [0.3, 0.4) is 0 Å². The first-order valence-electron chi connectivity index (χ1n) is 6.64. The van der Waals surface area contributed by atoms with E-state index in [0.717, 1.165) is 0 Å². The summed E-state index contributed by atoms with van der Waals surface area (Å²) < 4.78 is 10.3. The van der Waals surface area contributed by atoms with E-state index < -0.39 is 5.25 Å². The molecule has 1 unspecified atom stereocenters. The van der Waals surface area contributed by atoms with E-state index in [1.54, 1.807) is 19.2 Å². The Balaban J connectivity index is 2.10. The number of rotatable bonds is 5. The Bertz CT molecular complexity index is 666. The van der Waals surface area contributed by atoms with Crippen LogP contribution in [0.2, 0.25) is 5.02 Å². The lowest BCUT2D eigenvalue weighted by atomic mass is 10.2.